The molecule has 0 radical (unpaired) electrons. The van der Waals surface area contributed by atoms with E-state index in [0.29, 0.717) is 10.7 Å². The van der Waals surface area contributed by atoms with Crippen molar-refractivity contribution in [2.24, 2.45) is 5.92 Å². The van der Waals surface area contributed by atoms with Gasteiger partial charge in [0.2, 0.25) is 0 Å². The summed E-state index contributed by atoms with van der Waals surface area (Å²) in [6, 6.07) is 0. The summed E-state index contributed by atoms with van der Waals surface area (Å²) in [6.45, 7) is 15.1. The van der Waals surface area contributed by atoms with Crippen molar-refractivity contribution in [3.8, 4) is 0 Å². The molecule has 76 valence electrons. The molecule has 1 unspecified atom stereocenters. The minimum absolute atomic E-state index is 0.298. The maximum atomic E-state index is 4.09. The highest BCUT2D eigenvalue weighted by atomic mass is 32.2. The third-order valence-corrected chi connectivity index (χ3v) is 2.59. The fourth-order valence-electron chi connectivity index (χ4n) is 1.23. The summed E-state index contributed by atoms with van der Waals surface area (Å²) in [6.07, 6.45) is 5.43. The second-order valence-electron chi connectivity index (χ2n) is 4.46. The maximum absolute atomic E-state index is 4.09. The highest BCUT2D eigenvalue weighted by Gasteiger charge is 2.13. The SMILES string of the molecule is C=C(CC(C)/C=C\C)SC(C)(C)C. The molecule has 0 aliphatic rings. The highest BCUT2D eigenvalue weighted by molar-refractivity contribution is 8.04. The fraction of sp³-hybridized carbons (Fsp3) is 0.667. The normalized spacial score (nSPS) is 14.8. The van der Waals surface area contributed by atoms with E-state index in [1.807, 2.05) is 11.8 Å². The van der Waals surface area contributed by atoms with Crippen LogP contribution in [0.15, 0.2) is 23.6 Å². The van der Waals surface area contributed by atoms with Crippen LogP contribution in [0, 0.1) is 5.92 Å². The molecule has 0 N–H and O–H groups in total. The quantitative estimate of drug-likeness (QED) is 0.593. The number of hydrogen-bond acceptors (Lipinski definition) is 1. The molecule has 0 aromatic rings. The smallest absolute Gasteiger partial charge is 0.0119 e. The Morgan fingerprint density at radius 1 is 1.46 bits per heavy atom. The van der Waals surface area contributed by atoms with Gasteiger partial charge in [-0.05, 0) is 24.2 Å². The largest absolute Gasteiger partial charge is 0.125 e. The zero-order chi connectivity index (χ0) is 10.5. The fourth-order valence-corrected chi connectivity index (χ4v) is 2.44. The molecule has 0 rings (SSSR count). The van der Waals surface area contributed by atoms with Crippen LogP contribution >= 0.6 is 11.8 Å². The van der Waals surface area contributed by atoms with E-state index in [0.717, 1.165) is 6.42 Å². The standard InChI is InChI=1S/C12H22S/c1-7-8-10(2)9-11(3)13-12(4,5)6/h7-8,10H,3,9H2,1-2,4-6H3/b8-7-. The second-order valence-corrected chi connectivity index (χ2v) is 6.47. The van der Waals surface area contributed by atoms with Gasteiger partial charge in [0.25, 0.3) is 0 Å². The molecule has 0 fully saturated rings. The highest BCUT2D eigenvalue weighted by Crippen LogP contribution is 2.33. The summed E-state index contributed by atoms with van der Waals surface area (Å²) in [7, 11) is 0. The van der Waals surface area contributed by atoms with Crippen molar-refractivity contribution in [2.45, 2.75) is 45.8 Å². The van der Waals surface area contributed by atoms with Crippen molar-refractivity contribution in [2.75, 3.05) is 0 Å². The van der Waals surface area contributed by atoms with Crippen molar-refractivity contribution in [1.29, 1.82) is 0 Å². The molecule has 0 aromatic carbocycles. The van der Waals surface area contributed by atoms with Crippen molar-refractivity contribution in [1.82, 2.24) is 0 Å². The molecule has 0 aromatic heterocycles. The second kappa shape index (κ2) is 5.54. The van der Waals surface area contributed by atoms with Crippen LogP contribution in [0.1, 0.15) is 41.0 Å². The topological polar surface area (TPSA) is 0 Å². The molecule has 1 heteroatoms. The van der Waals surface area contributed by atoms with Crippen LogP contribution in [0.25, 0.3) is 0 Å². The van der Waals surface area contributed by atoms with E-state index in [-0.39, 0.29) is 0 Å². The molecule has 0 saturated carbocycles. The van der Waals surface area contributed by atoms with Gasteiger partial charge in [-0.25, -0.2) is 0 Å². The minimum Gasteiger partial charge on any atom is -0.125 e. The number of rotatable bonds is 4. The van der Waals surface area contributed by atoms with E-state index < -0.39 is 0 Å². The number of thioether (sulfide) groups is 1. The van der Waals surface area contributed by atoms with Gasteiger partial charge in [0.15, 0.2) is 0 Å². The van der Waals surface area contributed by atoms with Gasteiger partial charge >= 0.3 is 0 Å². The molecular formula is C12H22S. The molecular weight excluding hydrogens is 176 g/mol. The molecule has 13 heavy (non-hydrogen) atoms. The van der Waals surface area contributed by atoms with Crippen molar-refractivity contribution < 1.29 is 0 Å². The van der Waals surface area contributed by atoms with Gasteiger partial charge in [-0.2, -0.15) is 0 Å². The molecule has 0 aliphatic heterocycles. The van der Waals surface area contributed by atoms with E-state index in [9.17, 15) is 0 Å². The third kappa shape index (κ3) is 8.17. The first-order chi connectivity index (χ1) is 5.85. The Labute approximate surface area is 87.5 Å². The van der Waals surface area contributed by atoms with Gasteiger partial charge in [0, 0.05) is 4.75 Å². The first-order valence-electron chi connectivity index (χ1n) is 4.84. The monoisotopic (exact) mass is 198 g/mol. The lowest BCUT2D eigenvalue weighted by Gasteiger charge is -2.20. The van der Waals surface area contributed by atoms with Crippen LogP contribution < -0.4 is 0 Å². The van der Waals surface area contributed by atoms with E-state index in [4.69, 9.17) is 0 Å². The van der Waals surface area contributed by atoms with Crippen LogP contribution in [0.2, 0.25) is 0 Å². The summed E-state index contributed by atoms with van der Waals surface area (Å²) < 4.78 is 0.298. The molecule has 0 saturated heterocycles. The predicted octanol–water partition coefficient (Wildman–Crippen LogP) is 4.63. The Kier molecular flexibility index (Phi) is 5.46. The molecule has 0 heterocycles. The van der Waals surface area contributed by atoms with Gasteiger partial charge in [-0.15, -0.1) is 11.8 Å². The van der Waals surface area contributed by atoms with Gasteiger partial charge in [0.1, 0.15) is 0 Å². The summed E-state index contributed by atoms with van der Waals surface area (Å²) >= 11 is 1.88. The van der Waals surface area contributed by atoms with Gasteiger partial charge < -0.3 is 0 Å². The summed E-state index contributed by atoms with van der Waals surface area (Å²) in [4.78, 5) is 1.29. The van der Waals surface area contributed by atoms with E-state index in [1.165, 1.54) is 4.91 Å². The Morgan fingerprint density at radius 3 is 2.38 bits per heavy atom. The lowest BCUT2D eigenvalue weighted by molar-refractivity contribution is 0.733. The van der Waals surface area contributed by atoms with Gasteiger partial charge in [-0.1, -0.05) is 46.4 Å². The van der Waals surface area contributed by atoms with Crippen LogP contribution in [-0.2, 0) is 0 Å². The molecule has 1 atom stereocenters. The van der Waals surface area contributed by atoms with Crippen LogP contribution in [0.5, 0.6) is 0 Å². The first kappa shape index (κ1) is 12.8. The number of allylic oxidation sites excluding steroid dienone is 3. The average molecular weight is 198 g/mol. The van der Waals surface area contributed by atoms with Crippen molar-refractivity contribution >= 4 is 11.8 Å². The predicted molar refractivity (Wildman–Crippen MR) is 65.1 cm³/mol. The molecule has 0 bridgehead atoms. The Hall–Kier alpha value is -0.170. The molecule has 0 amide bonds. The van der Waals surface area contributed by atoms with E-state index >= 15 is 0 Å². The van der Waals surface area contributed by atoms with Crippen LogP contribution in [0.3, 0.4) is 0 Å². The minimum atomic E-state index is 0.298. The van der Waals surface area contributed by atoms with Crippen molar-refractivity contribution in [3.63, 3.8) is 0 Å². The van der Waals surface area contributed by atoms with E-state index in [1.54, 1.807) is 0 Å². The number of hydrogen-bond donors (Lipinski definition) is 0. The summed E-state index contributed by atoms with van der Waals surface area (Å²) in [5, 5.41) is 0. The van der Waals surface area contributed by atoms with Crippen LogP contribution in [0.4, 0.5) is 0 Å². The maximum Gasteiger partial charge on any atom is 0.0119 e. The third-order valence-electron chi connectivity index (χ3n) is 1.52. The Balaban J connectivity index is 3.88. The molecule has 0 aliphatic carbocycles. The summed E-state index contributed by atoms with van der Waals surface area (Å²) in [5.41, 5.74) is 0. The first-order valence-corrected chi connectivity index (χ1v) is 5.66. The van der Waals surface area contributed by atoms with Gasteiger partial charge in [-0.3, -0.25) is 0 Å². The molecule has 0 spiro atoms. The zero-order valence-corrected chi connectivity index (χ0v) is 10.4. The van der Waals surface area contributed by atoms with Gasteiger partial charge in [0.05, 0.1) is 0 Å². The average Bonchev–Trinajstić information content (AvgIpc) is 1.81. The Morgan fingerprint density at radius 2 is 2.00 bits per heavy atom. The Bertz CT molecular complexity index is 184. The van der Waals surface area contributed by atoms with Crippen molar-refractivity contribution in [3.05, 3.63) is 23.6 Å². The van der Waals surface area contributed by atoms with Crippen LogP contribution in [-0.4, -0.2) is 4.75 Å². The van der Waals surface area contributed by atoms with E-state index in [2.05, 4.69) is 53.3 Å². The zero-order valence-electron chi connectivity index (χ0n) is 9.55. The lowest BCUT2D eigenvalue weighted by atomic mass is 10.1. The molecule has 0 nitrogen and oxygen atoms in total. The summed E-state index contributed by atoms with van der Waals surface area (Å²) in [5.74, 6) is 0.618. The lowest BCUT2D eigenvalue weighted by Crippen LogP contribution is -2.07.